The number of ketones is 2. The van der Waals surface area contributed by atoms with E-state index >= 15 is 0 Å². The summed E-state index contributed by atoms with van der Waals surface area (Å²) in [6, 6.07) is 11.9. The Morgan fingerprint density at radius 2 is 1.52 bits per heavy atom. The van der Waals surface area contributed by atoms with E-state index in [9.17, 15) is 14.4 Å². The first-order valence-electron chi connectivity index (χ1n) is 10.3. The fourth-order valence-electron chi connectivity index (χ4n) is 3.97. The standard InChI is InChI=1S/C25H29NO3/c1-6-15(2)19(14-25(3,4)5)24(29)26-20-13-9-12-18-21(20)23(28)17-11-8-7-10-16(17)22(18)27/h7-13,15,19H,6,14H2,1-5H3,(H,26,29). The number of fused-ring (bicyclic) bond motifs is 2. The summed E-state index contributed by atoms with van der Waals surface area (Å²) in [4.78, 5) is 39.2. The minimum absolute atomic E-state index is 0.00623. The molecule has 0 spiro atoms. The van der Waals surface area contributed by atoms with E-state index in [4.69, 9.17) is 0 Å². The molecule has 4 heteroatoms. The number of amides is 1. The molecule has 2 unspecified atom stereocenters. The molecule has 0 radical (unpaired) electrons. The van der Waals surface area contributed by atoms with E-state index in [0.717, 1.165) is 12.8 Å². The van der Waals surface area contributed by atoms with E-state index in [1.165, 1.54) is 0 Å². The van der Waals surface area contributed by atoms with Crippen LogP contribution < -0.4 is 5.32 Å². The average molecular weight is 392 g/mol. The third-order valence-electron chi connectivity index (χ3n) is 5.71. The third kappa shape index (κ3) is 4.16. The van der Waals surface area contributed by atoms with Crippen molar-refractivity contribution in [2.24, 2.45) is 17.3 Å². The molecule has 2 aromatic rings. The topological polar surface area (TPSA) is 63.2 Å². The largest absolute Gasteiger partial charge is 0.325 e. The second-order valence-corrected chi connectivity index (χ2v) is 9.18. The van der Waals surface area contributed by atoms with Gasteiger partial charge in [-0.15, -0.1) is 0 Å². The molecule has 0 saturated carbocycles. The Morgan fingerprint density at radius 1 is 0.931 bits per heavy atom. The van der Waals surface area contributed by atoms with Crippen LogP contribution in [0.4, 0.5) is 5.69 Å². The van der Waals surface area contributed by atoms with Gasteiger partial charge in [0.15, 0.2) is 11.6 Å². The van der Waals surface area contributed by atoms with Crippen LogP contribution >= 0.6 is 0 Å². The summed E-state index contributed by atoms with van der Waals surface area (Å²) >= 11 is 0. The Balaban J connectivity index is 1.98. The van der Waals surface area contributed by atoms with E-state index in [-0.39, 0.29) is 34.7 Å². The molecule has 0 saturated heterocycles. The first kappa shape index (κ1) is 21.0. The molecule has 0 fully saturated rings. The van der Waals surface area contributed by atoms with Gasteiger partial charge in [-0.1, -0.05) is 77.4 Å². The van der Waals surface area contributed by atoms with Gasteiger partial charge in [0.25, 0.3) is 0 Å². The third-order valence-corrected chi connectivity index (χ3v) is 5.71. The molecule has 1 amide bonds. The first-order chi connectivity index (χ1) is 13.6. The molecule has 0 bridgehead atoms. The van der Waals surface area contributed by atoms with Gasteiger partial charge in [-0.3, -0.25) is 14.4 Å². The summed E-state index contributed by atoms with van der Waals surface area (Å²) in [7, 11) is 0. The smallest absolute Gasteiger partial charge is 0.227 e. The molecule has 1 aliphatic carbocycles. The number of hydrogen-bond acceptors (Lipinski definition) is 3. The normalized spacial score (nSPS) is 15.3. The maximum absolute atomic E-state index is 13.2. The quantitative estimate of drug-likeness (QED) is 0.625. The van der Waals surface area contributed by atoms with Crippen LogP contribution in [0.2, 0.25) is 0 Å². The summed E-state index contributed by atoms with van der Waals surface area (Å²) < 4.78 is 0. The fraction of sp³-hybridized carbons (Fsp3) is 0.400. The van der Waals surface area contributed by atoms with E-state index in [0.29, 0.717) is 27.9 Å². The zero-order chi connectivity index (χ0) is 21.3. The molecule has 1 N–H and O–H groups in total. The second-order valence-electron chi connectivity index (χ2n) is 9.18. The highest BCUT2D eigenvalue weighted by atomic mass is 16.2. The van der Waals surface area contributed by atoms with Gasteiger partial charge < -0.3 is 5.32 Å². The van der Waals surface area contributed by atoms with Gasteiger partial charge in [-0.2, -0.15) is 0 Å². The maximum Gasteiger partial charge on any atom is 0.227 e. The molecule has 2 atom stereocenters. The van der Waals surface area contributed by atoms with Crippen molar-refractivity contribution in [2.45, 2.75) is 47.5 Å². The van der Waals surface area contributed by atoms with Crippen LogP contribution in [0, 0.1) is 17.3 Å². The average Bonchev–Trinajstić information content (AvgIpc) is 2.68. The predicted octanol–water partition coefficient (Wildman–Crippen LogP) is 5.50. The van der Waals surface area contributed by atoms with Crippen molar-refractivity contribution in [3.63, 3.8) is 0 Å². The predicted molar refractivity (Wildman–Crippen MR) is 115 cm³/mol. The number of benzene rings is 2. The van der Waals surface area contributed by atoms with E-state index < -0.39 is 0 Å². The Kier molecular flexibility index (Phi) is 5.74. The summed E-state index contributed by atoms with van der Waals surface area (Å²) in [5.41, 5.74) is 1.87. The first-order valence-corrected chi connectivity index (χ1v) is 10.3. The Hall–Kier alpha value is -2.75. The minimum Gasteiger partial charge on any atom is -0.325 e. The van der Waals surface area contributed by atoms with E-state index in [2.05, 4.69) is 39.9 Å². The van der Waals surface area contributed by atoms with Crippen molar-refractivity contribution >= 4 is 23.2 Å². The molecule has 1 aliphatic rings. The Morgan fingerprint density at radius 3 is 2.10 bits per heavy atom. The highest BCUT2D eigenvalue weighted by Gasteiger charge is 2.33. The van der Waals surface area contributed by atoms with E-state index in [1.807, 2.05) is 0 Å². The molecular weight excluding hydrogens is 362 g/mol. The lowest BCUT2D eigenvalue weighted by Gasteiger charge is -2.29. The van der Waals surface area contributed by atoms with Crippen LogP contribution in [0.1, 0.15) is 79.3 Å². The van der Waals surface area contributed by atoms with Crippen LogP contribution in [0.3, 0.4) is 0 Å². The molecule has 0 aromatic heterocycles. The Labute approximate surface area is 172 Å². The lowest BCUT2D eigenvalue weighted by molar-refractivity contribution is -0.122. The summed E-state index contributed by atoms with van der Waals surface area (Å²) in [5.74, 6) is -0.451. The van der Waals surface area contributed by atoms with Crippen LogP contribution in [0.15, 0.2) is 42.5 Å². The van der Waals surface area contributed by atoms with E-state index in [1.54, 1.807) is 42.5 Å². The number of carbonyl (C=O) groups is 3. The van der Waals surface area contributed by atoms with Crippen molar-refractivity contribution in [1.82, 2.24) is 0 Å². The molecule has 4 nitrogen and oxygen atoms in total. The van der Waals surface area contributed by atoms with Crippen molar-refractivity contribution in [2.75, 3.05) is 5.32 Å². The van der Waals surface area contributed by atoms with Crippen LogP contribution in [-0.4, -0.2) is 17.5 Å². The van der Waals surface area contributed by atoms with Gasteiger partial charge in [0.1, 0.15) is 0 Å². The lowest BCUT2D eigenvalue weighted by Crippen LogP contribution is -2.32. The molecule has 0 aliphatic heterocycles. The number of carbonyl (C=O) groups excluding carboxylic acids is 3. The molecule has 3 rings (SSSR count). The Bertz CT molecular complexity index is 968. The summed E-state index contributed by atoms with van der Waals surface area (Å²) in [6.07, 6.45) is 1.64. The summed E-state index contributed by atoms with van der Waals surface area (Å²) in [5, 5.41) is 2.98. The van der Waals surface area contributed by atoms with Crippen LogP contribution in [-0.2, 0) is 4.79 Å². The SMILES string of the molecule is CCC(C)C(CC(C)(C)C)C(=O)Nc1cccc2c1C(=O)c1ccccc1C2=O. The van der Waals surface area contributed by atoms with Crippen LogP contribution in [0.5, 0.6) is 0 Å². The van der Waals surface area contributed by atoms with Gasteiger partial charge in [0, 0.05) is 22.6 Å². The van der Waals surface area contributed by atoms with Crippen molar-refractivity contribution in [3.8, 4) is 0 Å². The number of hydrogen-bond donors (Lipinski definition) is 1. The zero-order valence-electron chi connectivity index (χ0n) is 17.8. The van der Waals surface area contributed by atoms with Gasteiger partial charge in [-0.05, 0) is 23.8 Å². The lowest BCUT2D eigenvalue weighted by atomic mass is 9.77. The number of rotatable bonds is 5. The van der Waals surface area contributed by atoms with Crippen molar-refractivity contribution < 1.29 is 14.4 Å². The van der Waals surface area contributed by atoms with Gasteiger partial charge in [0.2, 0.25) is 5.91 Å². The highest BCUT2D eigenvalue weighted by molar-refractivity contribution is 6.30. The highest BCUT2D eigenvalue weighted by Crippen LogP contribution is 2.34. The molecule has 0 heterocycles. The number of anilines is 1. The number of nitrogens with one attached hydrogen (secondary N) is 1. The van der Waals surface area contributed by atoms with Gasteiger partial charge in [-0.25, -0.2) is 0 Å². The monoisotopic (exact) mass is 391 g/mol. The second kappa shape index (κ2) is 7.94. The molecule has 29 heavy (non-hydrogen) atoms. The minimum atomic E-state index is -0.220. The van der Waals surface area contributed by atoms with Gasteiger partial charge in [0.05, 0.1) is 11.3 Å². The molecular formula is C25H29NO3. The summed E-state index contributed by atoms with van der Waals surface area (Å²) in [6.45, 7) is 10.5. The molecule has 2 aromatic carbocycles. The van der Waals surface area contributed by atoms with Crippen molar-refractivity contribution in [3.05, 3.63) is 64.7 Å². The van der Waals surface area contributed by atoms with Gasteiger partial charge >= 0.3 is 0 Å². The molecule has 152 valence electrons. The van der Waals surface area contributed by atoms with Crippen LogP contribution in [0.25, 0.3) is 0 Å². The van der Waals surface area contributed by atoms with Crippen molar-refractivity contribution in [1.29, 1.82) is 0 Å². The zero-order valence-corrected chi connectivity index (χ0v) is 17.8. The maximum atomic E-state index is 13.2. The fourth-order valence-corrected chi connectivity index (χ4v) is 3.97.